The topological polar surface area (TPSA) is 64.6 Å². The van der Waals surface area contributed by atoms with Gasteiger partial charge in [-0.25, -0.2) is 5.48 Å². The van der Waals surface area contributed by atoms with Gasteiger partial charge in [-0.15, -0.1) is 0 Å². The number of rotatable bonds is 7. The van der Waals surface area contributed by atoms with E-state index < -0.39 is 17.8 Å². The Morgan fingerprint density at radius 1 is 1.20 bits per heavy atom. The van der Waals surface area contributed by atoms with Crippen molar-refractivity contribution < 1.29 is 19.2 Å². The molecule has 1 aromatic carbocycles. The van der Waals surface area contributed by atoms with E-state index in [1.165, 1.54) is 0 Å². The summed E-state index contributed by atoms with van der Waals surface area (Å²) >= 11 is 0. The molecule has 0 aliphatic carbocycles. The molecule has 0 spiro atoms. The Bertz CT molecular complexity index is 431. The van der Waals surface area contributed by atoms with Gasteiger partial charge in [0.15, 0.2) is 0 Å². The van der Waals surface area contributed by atoms with Crippen LogP contribution in [0.25, 0.3) is 0 Å². The number of carbonyl (C=O) groups is 2. The van der Waals surface area contributed by atoms with Crippen LogP contribution in [0.4, 0.5) is 0 Å². The first-order valence-corrected chi connectivity index (χ1v) is 6.68. The van der Waals surface area contributed by atoms with E-state index >= 15 is 0 Å². The van der Waals surface area contributed by atoms with Crippen molar-refractivity contribution in [3.05, 3.63) is 35.9 Å². The summed E-state index contributed by atoms with van der Waals surface area (Å²) in [5.74, 6) is -2.02. The maximum atomic E-state index is 12.0. The van der Waals surface area contributed by atoms with Crippen molar-refractivity contribution in [2.75, 3.05) is 6.61 Å². The van der Waals surface area contributed by atoms with Gasteiger partial charge in [-0.1, -0.05) is 44.2 Å². The third-order valence-electron chi connectivity index (χ3n) is 2.74. The maximum absolute atomic E-state index is 12.0. The number of esters is 1. The monoisotopic (exact) mass is 279 g/mol. The summed E-state index contributed by atoms with van der Waals surface area (Å²) in [4.78, 5) is 28.8. The van der Waals surface area contributed by atoms with Gasteiger partial charge in [0.1, 0.15) is 5.92 Å². The van der Waals surface area contributed by atoms with Gasteiger partial charge in [0.25, 0.3) is 5.91 Å². The molecule has 1 rings (SSSR count). The number of hydrogen-bond donors (Lipinski definition) is 1. The standard InChI is InChI=1S/C15H21NO4/c1-4-19-15(18)13(11(2)3)14(17)16-20-10-12-8-6-5-7-9-12/h5-9,11,13H,4,10H2,1-3H3,(H,16,17)/t13-/m1/s1. The van der Waals surface area contributed by atoms with Gasteiger partial charge in [-0.3, -0.25) is 14.4 Å². The highest BCUT2D eigenvalue weighted by atomic mass is 16.7. The van der Waals surface area contributed by atoms with Crippen molar-refractivity contribution in [2.24, 2.45) is 11.8 Å². The van der Waals surface area contributed by atoms with Gasteiger partial charge in [-0.2, -0.15) is 0 Å². The highest BCUT2D eigenvalue weighted by Gasteiger charge is 2.31. The van der Waals surface area contributed by atoms with Crippen molar-refractivity contribution in [1.29, 1.82) is 0 Å². The van der Waals surface area contributed by atoms with E-state index in [-0.39, 0.29) is 19.1 Å². The first kappa shape index (κ1) is 16.2. The smallest absolute Gasteiger partial charge is 0.318 e. The molecule has 0 fully saturated rings. The van der Waals surface area contributed by atoms with Crippen LogP contribution in [0.5, 0.6) is 0 Å². The second kappa shape index (κ2) is 8.32. The van der Waals surface area contributed by atoms with Gasteiger partial charge < -0.3 is 4.74 Å². The van der Waals surface area contributed by atoms with Gasteiger partial charge in [0.05, 0.1) is 13.2 Å². The van der Waals surface area contributed by atoms with Gasteiger partial charge in [0, 0.05) is 0 Å². The van der Waals surface area contributed by atoms with Crippen molar-refractivity contribution in [2.45, 2.75) is 27.4 Å². The van der Waals surface area contributed by atoms with Crippen molar-refractivity contribution >= 4 is 11.9 Å². The Hall–Kier alpha value is -1.88. The minimum Gasteiger partial charge on any atom is -0.465 e. The van der Waals surface area contributed by atoms with Crippen molar-refractivity contribution in [1.82, 2.24) is 5.48 Å². The van der Waals surface area contributed by atoms with Crippen molar-refractivity contribution in [3.8, 4) is 0 Å². The number of amides is 1. The van der Waals surface area contributed by atoms with Gasteiger partial charge >= 0.3 is 5.97 Å². The van der Waals surface area contributed by atoms with Crippen LogP contribution in [0.15, 0.2) is 30.3 Å². The molecule has 0 aliphatic heterocycles. The fourth-order valence-electron chi connectivity index (χ4n) is 1.74. The first-order chi connectivity index (χ1) is 9.56. The first-order valence-electron chi connectivity index (χ1n) is 6.68. The molecule has 0 heterocycles. The van der Waals surface area contributed by atoms with E-state index in [1.807, 2.05) is 30.3 Å². The average Bonchev–Trinajstić information content (AvgIpc) is 2.40. The van der Waals surface area contributed by atoms with Crippen LogP contribution < -0.4 is 5.48 Å². The Labute approximate surface area is 119 Å². The third-order valence-corrected chi connectivity index (χ3v) is 2.74. The molecule has 110 valence electrons. The number of carbonyl (C=O) groups excluding carboxylic acids is 2. The molecule has 1 aromatic rings. The summed E-state index contributed by atoms with van der Waals surface area (Å²) < 4.78 is 4.90. The fraction of sp³-hybridized carbons (Fsp3) is 0.467. The van der Waals surface area contributed by atoms with Crippen molar-refractivity contribution in [3.63, 3.8) is 0 Å². The molecule has 0 radical (unpaired) electrons. The van der Waals surface area contributed by atoms with Gasteiger partial charge in [0.2, 0.25) is 0 Å². The summed E-state index contributed by atoms with van der Waals surface area (Å²) in [7, 11) is 0. The van der Waals surface area contributed by atoms with E-state index in [1.54, 1.807) is 20.8 Å². The molecule has 5 nitrogen and oxygen atoms in total. The van der Waals surface area contributed by atoms with Crippen LogP contribution in [-0.2, 0) is 25.8 Å². The molecule has 5 heteroatoms. The predicted molar refractivity (Wildman–Crippen MR) is 74.3 cm³/mol. The molecule has 0 saturated heterocycles. The Morgan fingerprint density at radius 2 is 1.85 bits per heavy atom. The van der Waals surface area contributed by atoms with Crippen LogP contribution >= 0.6 is 0 Å². The minimum absolute atomic E-state index is 0.158. The molecule has 0 unspecified atom stereocenters. The summed E-state index contributed by atoms with van der Waals surface area (Å²) in [5.41, 5.74) is 3.25. The van der Waals surface area contributed by atoms with Crippen LogP contribution in [0.1, 0.15) is 26.3 Å². The Balaban J connectivity index is 2.48. The lowest BCUT2D eigenvalue weighted by Crippen LogP contribution is -2.39. The predicted octanol–water partition coefficient (Wildman–Crippen LogP) is 2.07. The van der Waals surface area contributed by atoms with E-state index in [4.69, 9.17) is 9.57 Å². The lowest BCUT2D eigenvalue weighted by Gasteiger charge is -2.18. The highest BCUT2D eigenvalue weighted by Crippen LogP contribution is 2.13. The third kappa shape index (κ3) is 5.01. The van der Waals surface area contributed by atoms with E-state index in [9.17, 15) is 9.59 Å². The zero-order chi connectivity index (χ0) is 15.0. The molecule has 1 atom stereocenters. The minimum atomic E-state index is -0.856. The number of nitrogens with one attached hydrogen (secondary N) is 1. The number of ether oxygens (including phenoxy) is 1. The van der Waals surface area contributed by atoms with E-state index in [2.05, 4.69) is 5.48 Å². The lowest BCUT2D eigenvalue weighted by atomic mass is 9.95. The lowest BCUT2D eigenvalue weighted by molar-refractivity contribution is -0.158. The second-order valence-electron chi connectivity index (χ2n) is 4.71. The largest absolute Gasteiger partial charge is 0.465 e. The number of hydroxylamine groups is 1. The van der Waals surface area contributed by atoms with E-state index in [0.29, 0.717) is 0 Å². The summed E-state index contributed by atoms with van der Waals surface area (Å²) in [6.07, 6.45) is 0. The molecular weight excluding hydrogens is 258 g/mol. The normalized spacial score (nSPS) is 12.0. The highest BCUT2D eigenvalue weighted by molar-refractivity contribution is 5.97. The molecular formula is C15H21NO4. The second-order valence-corrected chi connectivity index (χ2v) is 4.71. The maximum Gasteiger partial charge on any atom is 0.318 e. The van der Waals surface area contributed by atoms with E-state index in [0.717, 1.165) is 5.56 Å². The molecule has 0 aliphatic rings. The molecule has 0 saturated carbocycles. The SMILES string of the molecule is CCOC(=O)[C@@H](C(=O)NOCc1ccccc1)C(C)C. The molecule has 1 N–H and O–H groups in total. The molecule has 0 aromatic heterocycles. The molecule has 20 heavy (non-hydrogen) atoms. The van der Waals surface area contributed by atoms with Crippen LogP contribution in [0, 0.1) is 11.8 Å². The number of hydrogen-bond acceptors (Lipinski definition) is 4. The van der Waals surface area contributed by atoms with Crippen LogP contribution in [0.3, 0.4) is 0 Å². The molecule has 1 amide bonds. The summed E-state index contributed by atoms with van der Waals surface area (Å²) in [5, 5.41) is 0. The summed E-state index contributed by atoms with van der Waals surface area (Å²) in [6, 6.07) is 9.44. The number of benzene rings is 1. The summed E-state index contributed by atoms with van der Waals surface area (Å²) in [6.45, 7) is 5.79. The zero-order valence-corrected chi connectivity index (χ0v) is 12.1. The zero-order valence-electron chi connectivity index (χ0n) is 12.1. The quantitative estimate of drug-likeness (QED) is 0.471. The Morgan fingerprint density at radius 3 is 2.40 bits per heavy atom. The Kier molecular flexibility index (Phi) is 6.73. The average molecular weight is 279 g/mol. The fourth-order valence-corrected chi connectivity index (χ4v) is 1.74. The van der Waals surface area contributed by atoms with Gasteiger partial charge in [-0.05, 0) is 18.4 Å². The van der Waals surface area contributed by atoms with Crippen LogP contribution in [0.2, 0.25) is 0 Å². The molecule has 0 bridgehead atoms. The van der Waals surface area contributed by atoms with Crippen LogP contribution in [-0.4, -0.2) is 18.5 Å².